The van der Waals surface area contributed by atoms with Gasteiger partial charge in [-0.2, -0.15) is 13.2 Å². The lowest BCUT2D eigenvalue weighted by Crippen LogP contribution is -2.38. The molecule has 0 atom stereocenters. The first-order valence-electron chi connectivity index (χ1n) is 6.74. The summed E-state index contributed by atoms with van der Waals surface area (Å²) >= 11 is 0. The third kappa shape index (κ3) is 9.06. The second-order valence-corrected chi connectivity index (χ2v) is 4.39. The second kappa shape index (κ2) is 10.6. The van der Waals surface area contributed by atoms with Crippen LogP contribution in [0, 0.1) is 5.82 Å². The maximum Gasteiger partial charge on any atom is 0.390 e. The summed E-state index contributed by atoms with van der Waals surface area (Å²) in [6.45, 7) is 2.41. The molecule has 0 unspecified atom stereocenters. The van der Waals surface area contributed by atoms with E-state index in [0.717, 1.165) is 0 Å². The molecule has 0 radical (unpaired) electrons. The van der Waals surface area contributed by atoms with Gasteiger partial charge in [-0.05, 0) is 25.0 Å². The molecule has 0 heterocycles. The third-order valence-electron chi connectivity index (χ3n) is 2.65. The van der Waals surface area contributed by atoms with Crippen molar-refractivity contribution >= 4 is 29.9 Å². The predicted octanol–water partition coefficient (Wildman–Crippen LogP) is 3.49. The van der Waals surface area contributed by atoms with E-state index in [1.807, 2.05) is 6.92 Å². The zero-order valence-corrected chi connectivity index (χ0v) is 14.5. The molecule has 1 rings (SSSR count). The van der Waals surface area contributed by atoms with Crippen LogP contribution in [0.5, 0.6) is 0 Å². The van der Waals surface area contributed by atoms with Gasteiger partial charge in [-0.15, -0.1) is 24.0 Å². The molecule has 0 aliphatic rings. The minimum Gasteiger partial charge on any atom is -0.357 e. The maximum atomic E-state index is 13.4. The molecule has 1 aromatic rings. The molecule has 2 N–H and O–H groups in total. The van der Waals surface area contributed by atoms with Gasteiger partial charge in [0, 0.05) is 13.1 Å². The summed E-state index contributed by atoms with van der Waals surface area (Å²) in [7, 11) is 0. The predicted molar refractivity (Wildman–Crippen MR) is 90.2 cm³/mol. The smallest absolute Gasteiger partial charge is 0.357 e. The van der Waals surface area contributed by atoms with Crippen molar-refractivity contribution in [2.75, 3.05) is 19.6 Å². The van der Waals surface area contributed by atoms with E-state index in [1.54, 1.807) is 18.2 Å². The SMILES string of the molecule is CCNC(=NCCC(F)(F)F)NCCc1ccccc1F.I. The highest BCUT2D eigenvalue weighted by Gasteiger charge is 2.26. The van der Waals surface area contributed by atoms with Crippen molar-refractivity contribution in [2.24, 2.45) is 4.99 Å². The molecule has 3 nitrogen and oxygen atoms in total. The molecule has 0 spiro atoms. The van der Waals surface area contributed by atoms with Gasteiger partial charge in [0.2, 0.25) is 0 Å². The Hall–Kier alpha value is -1.06. The van der Waals surface area contributed by atoms with Crippen LogP contribution in [-0.4, -0.2) is 31.8 Å². The Morgan fingerprint density at radius 1 is 1.18 bits per heavy atom. The van der Waals surface area contributed by atoms with E-state index >= 15 is 0 Å². The number of hydrogen-bond donors (Lipinski definition) is 2. The fraction of sp³-hybridized carbons (Fsp3) is 0.500. The summed E-state index contributed by atoms with van der Waals surface area (Å²) in [5, 5.41) is 5.74. The molecule has 0 saturated carbocycles. The van der Waals surface area contributed by atoms with Crippen molar-refractivity contribution < 1.29 is 17.6 Å². The summed E-state index contributed by atoms with van der Waals surface area (Å²) < 4.78 is 49.6. The van der Waals surface area contributed by atoms with Crippen LogP contribution < -0.4 is 10.6 Å². The standard InChI is InChI=1S/C14H19F4N3.HI/c1-2-19-13(21-10-8-14(16,17)18)20-9-7-11-5-3-4-6-12(11)15;/h3-6H,2,7-10H2,1H3,(H2,19,20,21);1H. The molecule has 0 amide bonds. The zero-order chi connectivity index (χ0) is 15.7. The Labute approximate surface area is 144 Å². The lowest BCUT2D eigenvalue weighted by atomic mass is 10.1. The molecule has 1 aromatic carbocycles. The monoisotopic (exact) mass is 433 g/mol. The molecule has 0 aromatic heterocycles. The lowest BCUT2D eigenvalue weighted by Gasteiger charge is -2.12. The van der Waals surface area contributed by atoms with Crippen molar-refractivity contribution in [1.29, 1.82) is 0 Å². The first-order valence-corrected chi connectivity index (χ1v) is 6.74. The van der Waals surface area contributed by atoms with Gasteiger partial charge in [0.1, 0.15) is 5.82 Å². The Morgan fingerprint density at radius 3 is 2.45 bits per heavy atom. The first kappa shape index (κ1) is 20.9. The van der Waals surface area contributed by atoms with Gasteiger partial charge in [0.05, 0.1) is 13.0 Å². The van der Waals surface area contributed by atoms with Crippen molar-refractivity contribution in [3.8, 4) is 0 Å². The Balaban J connectivity index is 0.00000441. The minimum absolute atomic E-state index is 0. The van der Waals surface area contributed by atoms with E-state index in [9.17, 15) is 17.6 Å². The number of guanidine groups is 1. The zero-order valence-electron chi connectivity index (χ0n) is 12.2. The van der Waals surface area contributed by atoms with Crippen LogP contribution >= 0.6 is 24.0 Å². The summed E-state index contributed by atoms with van der Waals surface area (Å²) in [5.41, 5.74) is 0.552. The van der Waals surface area contributed by atoms with Crippen molar-refractivity contribution in [3.63, 3.8) is 0 Å². The van der Waals surface area contributed by atoms with E-state index in [-0.39, 0.29) is 36.3 Å². The molecule has 8 heteroatoms. The number of nitrogens with zero attached hydrogens (tertiary/aromatic N) is 1. The number of nitrogens with one attached hydrogen (secondary N) is 2. The van der Waals surface area contributed by atoms with Crippen LogP contribution in [0.3, 0.4) is 0 Å². The number of benzene rings is 1. The molecule has 22 heavy (non-hydrogen) atoms. The Kier molecular flexibility index (Phi) is 10.1. The highest BCUT2D eigenvalue weighted by Crippen LogP contribution is 2.18. The van der Waals surface area contributed by atoms with Gasteiger partial charge in [-0.25, -0.2) is 4.39 Å². The summed E-state index contributed by atoms with van der Waals surface area (Å²) in [5.74, 6) is 0.0106. The second-order valence-electron chi connectivity index (χ2n) is 4.39. The molecule has 126 valence electrons. The van der Waals surface area contributed by atoms with E-state index in [2.05, 4.69) is 15.6 Å². The molecular weight excluding hydrogens is 413 g/mol. The average molecular weight is 433 g/mol. The van der Waals surface area contributed by atoms with E-state index in [0.29, 0.717) is 31.0 Å². The van der Waals surface area contributed by atoms with Crippen LogP contribution in [0.15, 0.2) is 29.3 Å². The van der Waals surface area contributed by atoms with Gasteiger partial charge in [-0.3, -0.25) is 4.99 Å². The molecule has 0 aliphatic heterocycles. The number of rotatable bonds is 6. The van der Waals surface area contributed by atoms with Crippen LogP contribution in [0.1, 0.15) is 18.9 Å². The Morgan fingerprint density at radius 2 is 1.86 bits per heavy atom. The average Bonchev–Trinajstić information content (AvgIpc) is 2.39. The normalized spacial score (nSPS) is 11.8. The van der Waals surface area contributed by atoms with Crippen LogP contribution in [0.4, 0.5) is 17.6 Å². The van der Waals surface area contributed by atoms with E-state index in [1.165, 1.54) is 6.07 Å². The summed E-state index contributed by atoms with van der Waals surface area (Å²) in [4.78, 5) is 3.83. The molecule has 0 bridgehead atoms. The lowest BCUT2D eigenvalue weighted by molar-refractivity contribution is -0.132. The number of alkyl halides is 3. The maximum absolute atomic E-state index is 13.4. The number of aliphatic imine (C=N–C) groups is 1. The highest BCUT2D eigenvalue weighted by atomic mass is 127. The Bertz CT molecular complexity index is 464. The third-order valence-corrected chi connectivity index (χ3v) is 2.65. The van der Waals surface area contributed by atoms with Gasteiger partial charge in [0.25, 0.3) is 0 Å². The highest BCUT2D eigenvalue weighted by molar-refractivity contribution is 14.0. The fourth-order valence-electron chi connectivity index (χ4n) is 1.65. The van der Waals surface area contributed by atoms with Crippen molar-refractivity contribution in [3.05, 3.63) is 35.6 Å². The largest absolute Gasteiger partial charge is 0.390 e. The van der Waals surface area contributed by atoms with Crippen LogP contribution in [0.2, 0.25) is 0 Å². The van der Waals surface area contributed by atoms with Gasteiger partial charge in [0.15, 0.2) is 5.96 Å². The molecule has 0 saturated heterocycles. The van der Waals surface area contributed by atoms with Crippen LogP contribution in [0.25, 0.3) is 0 Å². The minimum atomic E-state index is -4.21. The first-order chi connectivity index (χ1) is 9.92. The summed E-state index contributed by atoms with van der Waals surface area (Å²) in [6.07, 6.45) is -4.75. The molecule has 0 aliphatic carbocycles. The topological polar surface area (TPSA) is 36.4 Å². The fourth-order valence-corrected chi connectivity index (χ4v) is 1.65. The summed E-state index contributed by atoms with van der Waals surface area (Å²) in [6, 6.07) is 6.39. The quantitative estimate of drug-likeness (QED) is 0.312. The van der Waals surface area contributed by atoms with E-state index < -0.39 is 12.6 Å². The van der Waals surface area contributed by atoms with Crippen LogP contribution in [-0.2, 0) is 6.42 Å². The number of hydrogen-bond acceptors (Lipinski definition) is 1. The molecular formula is C14H20F4IN3. The number of halogens is 5. The van der Waals surface area contributed by atoms with Gasteiger partial charge < -0.3 is 10.6 Å². The molecule has 0 fully saturated rings. The van der Waals surface area contributed by atoms with Crippen molar-refractivity contribution in [1.82, 2.24) is 10.6 Å². The van der Waals surface area contributed by atoms with E-state index in [4.69, 9.17) is 0 Å². The van der Waals surface area contributed by atoms with Crippen molar-refractivity contribution in [2.45, 2.75) is 25.9 Å². The van der Waals surface area contributed by atoms with Gasteiger partial charge in [-0.1, -0.05) is 18.2 Å². The van der Waals surface area contributed by atoms with Gasteiger partial charge >= 0.3 is 6.18 Å².